The van der Waals surface area contributed by atoms with Crippen molar-refractivity contribution >= 4 is 17.2 Å². The van der Waals surface area contributed by atoms with Gasteiger partial charge in [-0.05, 0) is 19.3 Å². The Morgan fingerprint density at radius 2 is 2.33 bits per heavy atom. The van der Waals surface area contributed by atoms with Crippen molar-refractivity contribution in [3.8, 4) is 10.8 Å². The molecule has 18 heavy (non-hydrogen) atoms. The smallest absolute Gasteiger partial charge is 0.271 e. The van der Waals surface area contributed by atoms with Gasteiger partial charge in [0.1, 0.15) is 5.69 Å². The van der Waals surface area contributed by atoms with Crippen LogP contribution in [0, 0.1) is 0 Å². The number of aromatic amines is 1. The minimum atomic E-state index is -0.0859. The molecule has 0 spiro atoms. The molecular formula is C12H14N4OS. The molecule has 0 saturated heterocycles. The monoisotopic (exact) mass is 262 g/mol. The largest absolute Gasteiger partial charge is 0.351 e. The second kappa shape index (κ2) is 4.53. The quantitative estimate of drug-likeness (QED) is 0.866. The van der Waals surface area contributed by atoms with Crippen molar-refractivity contribution in [3.63, 3.8) is 0 Å². The van der Waals surface area contributed by atoms with E-state index in [0.29, 0.717) is 11.5 Å². The first-order chi connectivity index (χ1) is 8.78. The zero-order valence-corrected chi connectivity index (χ0v) is 10.9. The van der Waals surface area contributed by atoms with E-state index in [1.807, 2.05) is 5.38 Å². The first-order valence-electron chi connectivity index (χ1n) is 6.09. The fourth-order valence-electron chi connectivity index (χ4n) is 2.01. The number of amides is 1. The molecule has 5 nitrogen and oxygen atoms in total. The zero-order chi connectivity index (χ0) is 12.5. The van der Waals surface area contributed by atoms with Crippen LogP contribution < -0.4 is 5.32 Å². The van der Waals surface area contributed by atoms with E-state index in [-0.39, 0.29) is 5.91 Å². The number of nitrogens with zero attached hydrogens (tertiary/aromatic N) is 2. The van der Waals surface area contributed by atoms with Gasteiger partial charge in [0, 0.05) is 17.6 Å². The summed E-state index contributed by atoms with van der Waals surface area (Å²) < 4.78 is 0. The minimum absolute atomic E-state index is 0.0859. The van der Waals surface area contributed by atoms with E-state index in [9.17, 15) is 4.79 Å². The van der Waals surface area contributed by atoms with Crippen molar-refractivity contribution < 1.29 is 4.79 Å². The molecule has 0 radical (unpaired) electrons. The Labute approximate surface area is 109 Å². The lowest BCUT2D eigenvalue weighted by molar-refractivity contribution is 0.0951. The van der Waals surface area contributed by atoms with Crippen LogP contribution in [0.5, 0.6) is 0 Å². The molecular weight excluding hydrogens is 248 g/mol. The van der Waals surface area contributed by atoms with Gasteiger partial charge in [-0.15, -0.1) is 11.3 Å². The fourth-order valence-corrected chi connectivity index (χ4v) is 2.85. The molecule has 0 unspecified atom stereocenters. The van der Waals surface area contributed by atoms with E-state index >= 15 is 0 Å². The van der Waals surface area contributed by atoms with Crippen LogP contribution in [0.3, 0.4) is 0 Å². The van der Waals surface area contributed by atoms with Crippen molar-refractivity contribution in [1.29, 1.82) is 0 Å². The third kappa shape index (κ3) is 1.92. The molecule has 1 aliphatic rings. The van der Waals surface area contributed by atoms with Crippen LogP contribution in [0.15, 0.2) is 5.38 Å². The molecule has 3 rings (SSSR count). The Kier molecular flexibility index (Phi) is 2.87. The molecule has 1 aliphatic heterocycles. The summed E-state index contributed by atoms with van der Waals surface area (Å²) in [4.78, 5) is 23.9. The summed E-state index contributed by atoms with van der Waals surface area (Å²) >= 11 is 1.56. The summed E-state index contributed by atoms with van der Waals surface area (Å²) in [5.74, 6) is 0.624. The van der Waals surface area contributed by atoms with Gasteiger partial charge in [-0.1, -0.05) is 6.92 Å². The van der Waals surface area contributed by atoms with Crippen LogP contribution in [-0.2, 0) is 12.8 Å². The number of hydrogen-bond acceptors (Lipinski definition) is 4. The summed E-state index contributed by atoms with van der Waals surface area (Å²) in [7, 11) is 0. The minimum Gasteiger partial charge on any atom is -0.351 e. The number of aryl methyl sites for hydroxylation is 2. The highest BCUT2D eigenvalue weighted by atomic mass is 32.1. The maximum atomic E-state index is 11.8. The Balaban J connectivity index is 1.99. The highest BCUT2D eigenvalue weighted by molar-refractivity contribution is 7.13. The van der Waals surface area contributed by atoms with Crippen LogP contribution in [0.4, 0.5) is 0 Å². The van der Waals surface area contributed by atoms with Crippen LogP contribution in [-0.4, -0.2) is 27.4 Å². The molecule has 0 fully saturated rings. The maximum Gasteiger partial charge on any atom is 0.271 e. The molecule has 0 atom stereocenters. The highest BCUT2D eigenvalue weighted by Crippen LogP contribution is 2.24. The third-order valence-corrected chi connectivity index (χ3v) is 3.90. The van der Waals surface area contributed by atoms with E-state index in [4.69, 9.17) is 0 Å². The molecule has 0 aromatic carbocycles. The van der Waals surface area contributed by atoms with Crippen LogP contribution >= 0.6 is 11.3 Å². The van der Waals surface area contributed by atoms with E-state index in [0.717, 1.165) is 42.2 Å². The Morgan fingerprint density at radius 1 is 1.44 bits per heavy atom. The molecule has 2 N–H and O–H groups in total. The SMILES string of the molecule is CCc1csc(-c2nc3c([nH]2)CCCNC3=O)n1. The van der Waals surface area contributed by atoms with Crippen molar-refractivity contribution in [2.24, 2.45) is 0 Å². The number of rotatable bonds is 2. The van der Waals surface area contributed by atoms with Crippen molar-refractivity contribution in [3.05, 3.63) is 22.5 Å². The summed E-state index contributed by atoms with van der Waals surface area (Å²) in [5, 5.41) is 5.73. The average Bonchev–Trinajstić information content (AvgIpc) is 2.97. The second-order valence-electron chi connectivity index (χ2n) is 4.27. The van der Waals surface area contributed by atoms with Gasteiger partial charge in [0.15, 0.2) is 10.8 Å². The number of H-pyrrole nitrogens is 1. The molecule has 2 aromatic heterocycles. The Hall–Kier alpha value is -1.69. The number of imidazole rings is 1. The predicted octanol–water partition coefficient (Wildman–Crippen LogP) is 1.77. The number of thiazole rings is 1. The fraction of sp³-hybridized carbons (Fsp3) is 0.417. The molecule has 1 amide bonds. The number of fused-ring (bicyclic) bond motifs is 1. The van der Waals surface area contributed by atoms with E-state index < -0.39 is 0 Å². The lowest BCUT2D eigenvalue weighted by Crippen LogP contribution is -2.23. The molecule has 2 aromatic rings. The molecule has 0 bridgehead atoms. The van der Waals surface area contributed by atoms with Crippen molar-refractivity contribution in [2.45, 2.75) is 26.2 Å². The number of carbonyl (C=O) groups excluding carboxylic acids is 1. The molecule has 6 heteroatoms. The zero-order valence-electron chi connectivity index (χ0n) is 10.1. The molecule has 0 aliphatic carbocycles. The van der Waals surface area contributed by atoms with Crippen molar-refractivity contribution in [2.75, 3.05) is 6.54 Å². The average molecular weight is 262 g/mol. The predicted molar refractivity (Wildman–Crippen MR) is 69.7 cm³/mol. The van der Waals surface area contributed by atoms with Gasteiger partial charge >= 0.3 is 0 Å². The molecule has 0 saturated carbocycles. The van der Waals surface area contributed by atoms with Crippen molar-refractivity contribution in [1.82, 2.24) is 20.3 Å². The Bertz CT molecular complexity index is 587. The summed E-state index contributed by atoms with van der Waals surface area (Å²) in [5.41, 5.74) is 2.51. The standard InChI is InChI=1S/C12H14N4OS/c1-2-7-6-18-12(14-7)10-15-8-4-3-5-13-11(17)9(8)16-10/h6H,2-5H2,1H3,(H,13,17)(H,15,16). The van der Waals surface area contributed by atoms with Gasteiger partial charge < -0.3 is 10.3 Å². The van der Waals surface area contributed by atoms with Gasteiger partial charge in [0.25, 0.3) is 5.91 Å². The van der Waals surface area contributed by atoms with E-state index in [1.165, 1.54) is 0 Å². The number of hydrogen-bond donors (Lipinski definition) is 2. The van der Waals surface area contributed by atoms with Gasteiger partial charge in [0.05, 0.1) is 5.69 Å². The number of carbonyl (C=O) groups is 1. The third-order valence-electron chi connectivity index (χ3n) is 3.00. The second-order valence-corrected chi connectivity index (χ2v) is 5.13. The van der Waals surface area contributed by atoms with Crippen LogP contribution in [0.25, 0.3) is 10.8 Å². The van der Waals surface area contributed by atoms with E-state index in [1.54, 1.807) is 11.3 Å². The van der Waals surface area contributed by atoms with Gasteiger partial charge in [-0.2, -0.15) is 0 Å². The normalized spacial score (nSPS) is 15.1. The highest BCUT2D eigenvalue weighted by Gasteiger charge is 2.21. The van der Waals surface area contributed by atoms with Gasteiger partial charge in [-0.3, -0.25) is 4.79 Å². The lowest BCUT2D eigenvalue weighted by atomic mass is 10.2. The lowest BCUT2D eigenvalue weighted by Gasteiger charge is -1.95. The first-order valence-corrected chi connectivity index (χ1v) is 6.97. The topological polar surface area (TPSA) is 70.7 Å². The summed E-state index contributed by atoms with van der Waals surface area (Å²) in [6.45, 7) is 2.79. The van der Waals surface area contributed by atoms with Gasteiger partial charge in [0.2, 0.25) is 0 Å². The molecule has 94 valence electrons. The number of nitrogens with one attached hydrogen (secondary N) is 2. The van der Waals surface area contributed by atoms with Crippen LogP contribution in [0.2, 0.25) is 0 Å². The first kappa shape index (κ1) is 11.4. The van der Waals surface area contributed by atoms with Gasteiger partial charge in [-0.25, -0.2) is 9.97 Å². The maximum absolute atomic E-state index is 11.8. The number of aromatic nitrogens is 3. The Morgan fingerprint density at radius 3 is 3.11 bits per heavy atom. The molecule has 3 heterocycles. The van der Waals surface area contributed by atoms with Crippen LogP contribution in [0.1, 0.15) is 35.2 Å². The van der Waals surface area contributed by atoms with E-state index in [2.05, 4.69) is 27.2 Å². The summed E-state index contributed by atoms with van der Waals surface area (Å²) in [6.07, 6.45) is 2.71. The summed E-state index contributed by atoms with van der Waals surface area (Å²) in [6, 6.07) is 0.